The van der Waals surface area contributed by atoms with Crippen molar-refractivity contribution in [2.45, 2.75) is 12.1 Å². The highest BCUT2D eigenvalue weighted by Gasteiger charge is 2.15. The second kappa shape index (κ2) is 5.13. The zero-order chi connectivity index (χ0) is 9.68. The van der Waals surface area contributed by atoms with E-state index < -0.39 is 5.97 Å². The molecular weight excluding hydrogens is 212 g/mol. The van der Waals surface area contributed by atoms with Crippen LogP contribution < -0.4 is 0 Å². The molecule has 72 valence electrons. The van der Waals surface area contributed by atoms with Gasteiger partial charge in [-0.2, -0.15) is 0 Å². The van der Waals surface area contributed by atoms with Crippen molar-refractivity contribution in [1.82, 2.24) is 10.2 Å². The standard InChI is InChI=1S/C6H8N2O3S2/c1-3-10-5(9)4-7-8-6(11-4)13-12-2/h3H2,1-2H3. The molecule has 0 aliphatic carbocycles. The molecule has 0 radical (unpaired) electrons. The highest BCUT2D eigenvalue weighted by molar-refractivity contribution is 8.76. The molecule has 1 aromatic heterocycles. The number of hydrogen-bond acceptors (Lipinski definition) is 7. The first kappa shape index (κ1) is 10.4. The lowest BCUT2D eigenvalue weighted by atomic mass is 10.7. The smallest absolute Gasteiger partial charge is 0.396 e. The molecule has 0 aromatic carbocycles. The molecule has 0 amide bonds. The topological polar surface area (TPSA) is 65.2 Å². The Hall–Kier alpha value is -0.690. The maximum atomic E-state index is 11.0. The molecule has 0 saturated carbocycles. The first-order valence-electron chi connectivity index (χ1n) is 3.49. The van der Waals surface area contributed by atoms with Gasteiger partial charge in [-0.25, -0.2) is 4.79 Å². The van der Waals surface area contributed by atoms with Crippen molar-refractivity contribution in [3.05, 3.63) is 5.89 Å². The predicted octanol–water partition coefficient (Wildman–Crippen LogP) is 1.62. The van der Waals surface area contributed by atoms with Gasteiger partial charge in [-0.15, -0.1) is 0 Å². The highest BCUT2D eigenvalue weighted by atomic mass is 33.1. The maximum absolute atomic E-state index is 11.0. The minimum atomic E-state index is -0.581. The van der Waals surface area contributed by atoms with Crippen LogP contribution in [0.25, 0.3) is 0 Å². The summed E-state index contributed by atoms with van der Waals surface area (Å²) in [5, 5.41) is 7.52. The fourth-order valence-corrected chi connectivity index (χ4v) is 1.55. The van der Waals surface area contributed by atoms with Gasteiger partial charge in [-0.05, 0) is 13.2 Å². The minimum absolute atomic E-state index is 0.0987. The Morgan fingerprint density at radius 3 is 3.00 bits per heavy atom. The normalized spacial score (nSPS) is 10.0. The molecule has 0 unspecified atom stereocenters. The summed E-state index contributed by atoms with van der Waals surface area (Å²) in [5.41, 5.74) is 0. The quantitative estimate of drug-likeness (QED) is 0.564. The van der Waals surface area contributed by atoms with Gasteiger partial charge >= 0.3 is 11.9 Å². The van der Waals surface area contributed by atoms with E-state index in [9.17, 15) is 4.79 Å². The van der Waals surface area contributed by atoms with Crippen LogP contribution in [0, 0.1) is 0 Å². The Bertz CT molecular complexity index is 289. The Kier molecular flexibility index (Phi) is 4.10. The summed E-state index contributed by atoms with van der Waals surface area (Å²) < 4.78 is 9.65. The summed E-state index contributed by atoms with van der Waals surface area (Å²) in [4.78, 5) is 11.0. The Morgan fingerprint density at radius 2 is 2.38 bits per heavy atom. The van der Waals surface area contributed by atoms with Gasteiger partial charge < -0.3 is 9.15 Å². The molecule has 7 heteroatoms. The van der Waals surface area contributed by atoms with Crippen molar-refractivity contribution in [2.24, 2.45) is 0 Å². The number of carbonyl (C=O) groups excluding carboxylic acids is 1. The van der Waals surface area contributed by atoms with Crippen LogP contribution in [0.2, 0.25) is 0 Å². The Balaban J connectivity index is 2.62. The fourth-order valence-electron chi connectivity index (χ4n) is 0.590. The van der Waals surface area contributed by atoms with Crippen LogP contribution in [0.15, 0.2) is 9.64 Å². The third-order valence-electron chi connectivity index (χ3n) is 1.01. The monoisotopic (exact) mass is 220 g/mol. The van der Waals surface area contributed by atoms with Crippen LogP contribution >= 0.6 is 21.6 Å². The Morgan fingerprint density at radius 1 is 1.62 bits per heavy atom. The molecule has 0 fully saturated rings. The van der Waals surface area contributed by atoms with Crippen molar-refractivity contribution in [1.29, 1.82) is 0 Å². The SMILES string of the molecule is CCOC(=O)c1nnc(SSC)o1. The predicted molar refractivity (Wildman–Crippen MR) is 49.6 cm³/mol. The van der Waals surface area contributed by atoms with Crippen LogP contribution in [0.3, 0.4) is 0 Å². The van der Waals surface area contributed by atoms with Crippen molar-refractivity contribution >= 4 is 27.6 Å². The first-order chi connectivity index (χ1) is 6.27. The van der Waals surface area contributed by atoms with E-state index in [0.717, 1.165) is 0 Å². The van der Waals surface area contributed by atoms with E-state index in [1.807, 2.05) is 6.26 Å². The lowest BCUT2D eigenvalue weighted by Crippen LogP contribution is -2.04. The molecule has 0 saturated heterocycles. The number of nitrogens with zero attached hydrogens (tertiary/aromatic N) is 2. The van der Waals surface area contributed by atoms with Crippen molar-refractivity contribution in [3.8, 4) is 0 Å². The summed E-state index contributed by atoms with van der Waals surface area (Å²) >= 11 is 0. The summed E-state index contributed by atoms with van der Waals surface area (Å²) in [6, 6.07) is 0. The van der Waals surface area contributed by atoms with E-state index in [4.69, 9.17) is 4.42 Å². The third-order valence-corrected chi connectivity index (χ3v) is 2.41. The van der Waals surface area contributed by atoms with Crippen molar-refractivity contribution in [2.75, 3.05) is 12.9 Å². The zero-order valence-electron chi connectivity index (χ0n) is 7.14. The van der Waals surface area contributed by atoms with Crippen molar-refractivity contribution in [3.63, 3.8) is 0 Å². The summed E-state index contributed by atoms with van der Waals surface area (Å²) in [5.74, 6) is -0.679. The zero-order valence-corrected chi connectivity index (χ0v) is 8.78. The van der Waals surface area contributed by atoms with E-state index >= 15 is 0 Å². The van der Waals surface area contributed by atoms with Gasteiger partial charge in [-0.3, -0.25) is 0 Å². The van der Waals surface area contributed by atoms with Gasteiger partial charge in [0.1, 0.15) is 0 Å². The number of rotatable bonds is 4. The number of esters is 1. The van der Waals surface area contributed by atoms with Gasteiger partial charge in [0.05, 0.1) is 6.61 Å². The van der Waals surface area contributed by atoms with Gasteiger partial charge in [0.2, 0.25) is 0 Å². The number of hydrogen-bond donors (Lipinski definition) is 0. The van der Waals surface area contributed by atoms with Crippen molar-refractivity contribution < 1.29 is 13.9 Å². The molecule has 0 N–H and O–H groups in total. The molecular formula is C6H8N2O3S2. The molecule has 1 rings (SSSR count). The lowest BCUT2D eigenvalue weighted by Gasteiger charge is -1.93. The molecule has 5 nitrogen and oxygen atoms in total. The molecule has 0 spiro atoms. The fraction of sp³-hybridized carbons (Fsp3) is 0.500. The van der Waals surface area contributed by atoms with Gasteiger partial charge in [0, 0.05) is 10.8 Å². The van der Waals surface area contributed by atoms with E-state index in [-0.39, 0.29) is 5.89 Å². The largest absolute Gasteiger partial charge is 0.459 e. The maximum Gasteiger partial charge on any atom is 0.396 e. The van der Waals surface area contributed by atoms with E-state index in [1.165, 1.54) is 21.6 Å². The van der Waals surface area contributed by atoms with Crippen LogP contribution in [-0.4, -0.2) is 29.0 Å². The van der Waals surface area contributed by atoms with Gasteiger partial charge in [0.25, 0.3) is 5.22 Å². The molecule has 0 bridgehead atoms. The summed E-state index contributed by atoms with van der Waals surface area (Å²) in [6.07, 6.45) is 1.87. The third kappa shape index (κ3) is 2.92. The second-order valence-electron chi connectivity index (χ2n) is 1.84. The molecule has 0 atom stereocenters. The lowest BCUT2D eigenvalue weighted by molar-refractivity contribution is 0.0475. The van der Waals surface area contributed by atoms with Crippen LogP contribution in [0.4, 0.5) is 0 Å². The number of carbonyl (C=O) groups is 1. The highest BCUT2D eigenvalue weighted by Crippen LogP contribution is 2.26. The summed E-state index contributed by atoms with van der Waals surface area (Å²) in [7, 11) is 2.76. The van der Waals surface area contributed by atoms with Crippen LogP contribution in [-0.2, 0) is 4.74 Å². The minimum Gasteiger partial charge on any atom is -0.459 e. The second-order valence-corrected chi connectivity index (χ2v) is 4.19. The number of aromatic nitrogens is 2. The average Bonchev–Trinajstić information content (AvgIpc) is 2.54. The molecule has 0 aliphatic rings. The Labute approximate surface area is 83.0 Å². The van der Waals surface area contributed by atoms with E-state index in [1.54, 1.807) is 6.92 Å². The van der Waals surface area contributed by atoms with E-state index in [2.05, 4.69) is 14.9 Å². The van der Waals surface area contributed by atoms with Crippen LogP contribution in [0.1, 0.15) is 17.6 Å². The van der Waals surface area contributed by atoms with Crippen LogP contribution in [0.5, 0.6) is 0 Å². The van der Waals surface area contributed by atoms with E-state index in [0.29, 0.717) is 11.8 Å². The number of ether oxygens (including phenoxy) is 1. The molecule has 13 heavy (non-hydrogen) atoms. The average molecular weight is 220 g/mol. The molecule has 0 aliphatic heterocycles. The molecule has 1 aromatic rings. The van der Waals surface area contributed by atoms with Gasteiger partial charge in [-0.1, -0.05) is 21.0 Å². The van der Waals surface area contributed by atoms with Gasteiger partial charge in [0.15, 0.2) is 0 Å². The first-order valence-corrected chi connectivity index (χ1v) is 6.05. The molecule has 1 heterocycles. The summed E-state index contributed by atoms with van der Waals surface area (Å²) in [6.45, 7) is 2.01.